The molecule has 0 unspecified atom stereocenters. The molecule has 1 rings (SSSR count). The van der Waals surface area contributed by atoms with Crippen LogP contribution in [0.2, 0.25) is 0 Å². The molecule has 0 saturated carbocycles. The molecule has 0 aliphatic rings. The SMILES string of the molecule is Cc1cc([C@H](O)C(F)(F)F)cs1. The maximum absolute atomic E-state index is 11.9. The first-order valence-electron chi connectivity index (χ1n) is 3.21. The van der Waals surface area contributed by atoms with E-state index in [1.807, 2.05) is 0 Å². The Bertz CT molecular complexity index is 266. The maximum atomic E-state index is 11.9. The van der Waals surface area contributed by atoms with E-state index in [1.165, 1.54) is 22.8 Å². The molecule has 1 aromatic heterocycles. The summed E-state index contributed by atoms with van der Waals surface area (Å²) in [7, 11) is 0. The zero-order valence-electron chi connectivity index (χ0n) is 6.22. The predicted octanol–water partition coefficient (Wildman–Crippen LogP) is 2.65. The standard InChI is InChI=1S/C7H7F3OS/c1-4-2-5(3-12-4)6(11)7(8,9)10/h2-3,6,11H,1H3/t6-/m0/s1. The van der Waals surface area contributed by atoms with E-state index < -0.39 is 12.3 Å². The van der Waals surface area contributed by atoms with Crippen LogP contribution in [0.3, 0.4) is 0 Å². The average molecular weight is 196 g/mol. The van der Waals surface area contributed by atoms with Gasteiger partial charge < -0.3 is 5.11 Å². The van der Waals surface area contributed by atoms with Crippen molar-refractivity contribution in [1.29, 1.82) is 0 Å². The number of thiophene rings is 1. The van der Waals surface area contributed by atoms with Crippen LogP contribution in [0.1, 0.15) is 16.5 Å². The number of aliphatic hydroxyl groups is 1. The molecule has 0 aliphatic heterocycles. The second kappa shape index (κ2) is 3.06. The maximum Gasteiger partial charge on any atom is 0.418 e. The second-order valence-electron chi connectivity index (χ2n) is 2.43. The molecular formula is C7H7F3OS. The topological polar surface area (TPSA) is 20.2 Å². The third-order valence-corrected chi connectivity index (χ3v) is 2.26. The lowest BCUT2D eigenvalue weighted by atomic mass is 10.2. The van der Waals surface area contributed by atoms with Crippen LogP contribution >= 0.6 is 11.3 Å². The van der Waals surface area contributed by atoms with E-state index in [4.69, 9.17) is 5.11 Å². The zero-order valence-corrected chi connectivity index (χ0v) is 7.04. The molecule has 1 atom stereocenters. The zero-order chi connectivity index (χ0) is 9.35. The molecule has 1 nitrogen and oxygen atoms in total. The number of hydrogen-bond acceptors (Lipinski definition) is 2. The molecule has 0 aliphatic carbocycles. The van der Waals surface area contributed by atoms with Crippen molar-refractivity contribution < 1.29 is 18.3 Å². The molecule has 0 fully saturated rings. The van der Waals surface area contributed by atoms with Crippen LogP contribution in [0.5, 0.6) is 0 Å². The van der Waals surface area contributed by atoms with Crippen LogP contribution in [0.4, 0.5) is 13.2 Å². The van der Waals surface area contributed by atoms with Gasteiger partial charge in [0, 0.05) is 10.4 Å². The predicted molar refractivity (Wildman–Crippen MR) is 40.1 cm³/mol. The fourth-order valence-electron chi connectivity index (χ4n) is 0.796. The number of rotatable bonds is 1. The van der Waals surface area contributed by atoms with Crippen molar-refractivity contribution in [3.05, 3.63) is 21.9 Å². The fraction of sp³-hybridized carbons (Fsp3) is 0.429. The first-order valence-corrected chi connectivity index (χ1v) is 4.09. The molecule has 0 saturated heterocycles. The van der Waals surface area contributed by atoms with Gasteiger partial charge in [0.15, 0.2) is 6.10 Å². The lowest BCUT2D eigenvalue weighted by molar-refractivity contribution is -0.206. The molecule has 5 heteroatoms. The van der Waals surface area contributed by atoms with E-state index in [0.717, 1.165) is 4.88 Å². The Morgan fingerprint density at radius 2 is 2.08 bits per heavy atom. The van der Waals surface area contributed by atoms with Crippen molar-refractivity contribution in [2.45, 2.75) is 19.2 Å². The Balaban J connectivity index is 2.85. The first kappa shape index (κ1) is 9.54. The van der Waals surface area contributed by atoms with E-state index in [-0.39, 0.29) is 5.56 Å². The summed E-state index contributed by atoms with van der Waals surface area (Å²) in [4.78, 5) is 0.758. The minimum Gasteiger partial charge on any atom is -0.379 e. The molecule has 0 aromatic carbocycles. The molecule has 0 amide bonds. The quantitative estimate of drug-likeness (QED) is 0.732. The number of aryl methyl sites for hydroxylation is 1. The lowest BCUT2D eigenvalue weighted by Gasteiger charge is -2.12. The summed E-state index contributed by atoms with van der Waals surface area (Å²) in [6.07, 6.45) is -6.91. The summed E-state index contributed by atoms with van der Waals surface area (Å²) in [6.45, 7) is 1.69. The summed E-state index contributed by atoms with van der Waals surface area (Å²) in [5.74, 6) is 0. The van der Waals surface area contributed by atoms with Crippen LogP contribution in [0.15, 0.2) is 11.4 Å². The molecule has 68 valence electrons. The summed E-state index contributed by atoms with van der Waals surface area (Å²) in [5, 5.41) is 10.1. The third-order valence-electron chi connectivity index (χ3n) is 1.38. The van der Waals surface area contributed by atoms with Gasteiger partial charge in [0.25, 0.3) is 0 Å². The lowest BCUT2D eigenvalue weighted by Crippen LogP contribution is -2.19. The Morgan fingerprint density at radius 3 is 2.42 bits per heavy atom. The number of alkyl halides is 3. The van der Waals surface area contributed by atoms with Gasteiger partial charge in [-0.3, -0.25) is 0 Å². The number of aliphatic hydroxyl groups excluding tert-OH is 1. The van der Waals surface area contributed by atoms with Gasteiger partial charge in [0.2, 0.25) is 0 Å². The van der Waals surface area contributed by atoms with E-state index in [0.29, 0.717) is 0 Å². The molecular weight excluding hydrogens is 189 g/mol. The molecule has 1 N–H and O–H groups in total. The van der Waals surface area contributed by atoms with E-state index in [9.17, 15) is 13.2 Å². The minimum absolute atomic E-state index is 0.0787. The normalized spacial score (nSPS) is 14.8. The van der Waals surface area contributed by atoms with Crippen molar-refractivity contribution in [2.75, 3.05) is 0 Å². The Labute approximate surface area is 71.5 Å². The second-order valence-corrected chi connectivity index (χ2v) is 3.55. The van der Waals surface area contributed by atoms with Crippen LogP contribution in [0.25, 0.3) is 0 Å². The fourth-order valence-corrected chi connectivity index (χ4v) is 1.52. The summed E-state index contributed by atoms with van der Waals surface area (Å²) >= 11 is 1.19. The summed E-state index contributed by atoms with van der Waals surface area (Å²) in [6, 6.07) is 1.34. The smallest absolute Gasteiger partial charge is 0.379 e. The molecule has 1 heterocycles. The van der Waals surface area contributed by atoms with Gasteiger partial charge in [0.1, 0.15) is 0 Å². The molecule has 0 spiro atoms. The van der Waals surface area contributed by atoms with E-state index >= 15 is 0 Å². The highest BCUT2D eigenvalue weighted by Gasteiger charge is 2.39. The minimum atomic E-state index is -4.56. The van der Waals surface area contributed by atoms with Crippen molar-refractivity contribution >= 4 is 11.3 Å². The van der Waals surface area contributed by atoms with Crippen molar-refractivity contribution in [2.24, 2.45) is 0 Å². The van der Waals surface area contributed by atoms with Crippen LogP contribution < -0.4 is 0 Å². The van der Waals surface area contributed by atoms with Crippen LogP contribution in [-0.2, 0) is 0 Å². The Morgan fingerprint density at radius 1 is 1.50 bits per heavy atom. The molecule has 12 heavy (non-hydrogen) atoms. The van der Waals surface area contributed by atoms with Crippen molar-refractivity contribution in [1.82, 2.24) is 0 Å². The molecule has 0 bridgehead atoms. The largest absolute Gasteiger partial charge is 0.418 e. The molecule has 1 aromatic rings. The third kappa shape index (κ3) is 1.98. The highest BCUT2D eigenvalue weighted by molar-refractivity contribution is 7.10. The molecule has 0 radical (unpaired) electrons. The van der Waals surface area contributed by atoms with Gasteiger partial charge in [-0.05, 0) is 18.4 Å². The van der Waals surface area contributed by atoms with E-state index in [1.54, 1.807) is 6.92 Å². The first-order chi connectivity index (χ1) is 5.41. The Kier molecular flexibility index (Phi) is 2.44. The average Bonchev–Trinajstić information content (AvgIpc) is 2.32. The highest BCUT2D eigenvalue weighted by atomic mass is 32.1. The van der Waals surface area contributed by atoms with Gasteiger partial charge in [-0.1, -0.05) is 0 Å². The van der Waals surface area contributed by atoms with Gasteiger partial charge in [-0.2, -0.15) is 13.2 Å². The number of halogens is 3. The van der Waals surface area contributed by atoms with Crippen molar-refractivity contribution in [3.63, 3.8) is 0 Å². The Hall–Kier alpha value is -0.550. The summed E-state index contributed by atoms with van der Waals surface area (Å²) < 4.78 is 35.7. The van der Waals surface area contributed by atoms with Crippen molar-refractivity contribution in [3.8, 4) is 0 Å². The monoisotopic (exact) mass is 196 g/mol. The number of hydrogen-bond donors (Lipinski definition) is 1. The van der Waals surface area contributed by atoms with Gasteiger partial charge in [-0.15, -0.1) is 11.3 Å². The van der Waals surface area contributed by atoms with Gasteiger partial charge >= 0.3 is 6.18 Å². The van der Waals surface area contributed by atoms with Crippen LogP contribution in [-0.4, -0.2) is 11.3 Å². The van der Waals surface area contributed by atoms with Gasteiger partial charge in [0.05, 0.1) is 0 Å². The summed E-state index contributed by atoms with van der Waals surface area (Å²) in [5.41, 5.74) is -0.0787. The van der Waals surface area contributed by atoms with E-state index in [2.05, 4.69) is 0 Å². The van der Waals surface area contributed by atoms with Crippen LogP contribution in [0, 0.1) is 6.92 Å². The van der Waals surface area contributed by atoms with Gasteiger partial charge in [-0.25, -0.2) is 0 Å². The highest BCUT2D eigenvalue weighted by Crippen LogP contribution is 2.34.